The van der Waals surface area contributed by atoms with E-state index in [9.17, 15) is 4.79 Å². The molecule has 0 aliphatic carbocycles. The zero-order valence-electron chi connectivity index (χ0n) is 10.8. The Morgan fingerprint density at radius 1 is 1.40 bits per heavy atom. The van der Waals surface area contributed by atoms with Gasteiger partial charge < -0.3 is 10.6 Å². The molecular weight excluding hydrogens is 276 g/mol. The van der Waals surface area contributed by atoms with Crippen molar-refractivity contribution in [3.8, 4) is 11.3 Å². The monoisotopic (exact) mass is 290 g/mol. The number of rotatable bonds is 2. The van der Waals surface area contributed by atoms with Gasteiger partial charge in [0.15, 0.2) is 0 Å². The maximum absolute atomic E-state index is 12.3. The summed E-state index contributed by atoms with van der Waals surface area (Å²) >= 11 is 5.85. The Kier molecular flexibility index (Phi) is 3.46. The lowest BCUT2D eigenvalue weighted by molar-refractivity contribution is 0.0785. The Hall–Kier alpha value is -1.85. The molecule has 0 radical (unpaired) electrons. The third-order valence-corrected chi connectivity index (χ3v) is 3.71. The quantitative estimate of drug-likeness (QED) is 0.887. The molecule has 6 heteroatoms. The van der Waals surface area contributed by atoms with Crippen molar-refractivity contribution in [2.75, 3.05) is 13.1 Å². The largest absolute Gasteiger partial charge is 0.336 e. The van der Waals surface area contributed by atoms with Crippen molar-refractivity contribution in [3.63, 3.8) is 0 Å². The number of aromatic amines is 1. The summed E-state index contributed by atoms with van der Waals surface area (Å²) in [5.41, 5.74) is 7.96. The minimum atomic E-state index is -0.0503. The van der Waals surface area contributed by atoms with Crippen molar-refractivity contribution in [2.24, 2.45) is 5.73 Å². The van der Waals surface area contributed by atoms with E-state index in [0.717, 1.165) is 17.7 Å². The molecule has 0 spiro atoms. The Labute approximate surface area is 121 Å². The summed E-state index contributed by atoms with van der Waals surface area (Å²) in [5.74, 6) is -0.0503. The van der Waals surface area contributed by atoms with Gasteiger partial charge in [-0.1, -0.05) is 23.7 Å². The summed E-state index contributed by atoms with van der Waals surface area (Å²) < 4.78 is 0. The SMILES string of the molecule is N[C@H]1CCN(C(=O)c2cc(-c3ccc(Cl)cc3)n[nH]2)C1. The maximum Gasteiger partial charge on any atom is 0.271 e. The van der Waals surface area contributed by atoms with E-state index < -0.39 is 0 Å². The molecule has 0 saturated carbocycles. The fourth-order valence-electron chi connectivity index (χ4n) is 2.34. The number of amides is 1. The molecule has 3 N–H and O–H groups in total. The van der Waals surface area contributed by atoms with Gasteiger partial charge in [-0.25, -0.2) is 0 Å². The van der Waals surface area contributed by atoms with Crippen molar-refractivity contribution in [1.82, 2.24) is 15.1 Å². The highest BCUT2D eigenvalue weighted by Gasteiger charge is 2.25. The smallest absolute Gasteiger partial charge is 0.271 e. The molecule has 5 nitrogen and oxygen atoms in total. The summed E-state index contributed by atoms with van der Waals surface area (Å²) in [6.07, 6.45) is 0.851. The molecular formula is C14H15ClN4O. The number of nitrogens with two attached hydrogens (primary N) is 1. The predicted octanol–water partition coefficient (Wildman–Crippen LogP) is 1.90. The number of H-pyrrole nitrogens is 1. The van der Waals surface area contributed by atoms with E-state index in [2.05, 4.69) is 10.2 Å². The van der Waals surface area contributed by atoms with E-state index in [0.29, 0.717) is 23.8 Å². The second-order valence-electron chi connectivity index (χ2n) is 4.97. The number of aromatic nitrogens is 2. The maximum atomic E-state index is 12.3. The third-order valence-electron chi connectivity index (χ3n) is 3.46. The number of nitrogens with one attached hydrogen (secondary N) is 1. The molecule has 0 unspecified atom stereocenters. The van der Waals surface area contributed by atoms with Crippen molar-refractivity contribution in [2.45, 2.75) is 12.5 Å². The van der Waals surface area contributed by atoms with Crippen LogP contribution in [0.4, 0.5) is 0 Å². The Morgan fingerprint density at radius 3 is 2.80 bits per heavy atom. The van der Waals surface area contributed by atoms with Gasteiger partial charge in [0.1, 0.15) is 5.69 Å². The highest BCUT2D eigenvalue weighted by Crippen LogP contribution is 2.21. The number of hydrogen-bond donors (Lipinski definition) is 2. The topological polar surface area (TPSA) is 75.0 Å². The van der Waals surface area contributed by atoms with Gasteiger partial charge in [-0.3, -0.25) is 9.89 Å². The van der Waals surface area contributed by atoms with Gasteiger partial charge in [0.05, 0.1) is 5.69 Å². The van der Waals surface area contributed by atoms with Gasteiger partial charge in [-0.2, -0.15) is 5.10 Å². The lowest BCUT2D eigenvalue weighted by Gasteiger charge is -2.13. The predicted molar refractivity (Wildman–Crippen MR) is 77.5 cm³/mol. The molecule has 1 aliphatic heterocycles. The van der Waals surface area contributed by atoms with Gasteiger partial charge >= 0.3 is 0 Å². The van der Waals surface area contributed by atoms with Crippen LogP contribution >= 0.6 is 11.6 Å². The van der Waals surface area contributed by atoms with Crippen molar-refractivity contribution in [1.29, 1.82) is 0 Å². The fraction of sp³-hybridized carbons (Fsp3) is 0.286. The summed E-state index contributed by atoms with van der Waals surface area (Å²) in [6.45, 7) is 1.31. The Bertz CT molecular complexity index is 622. The molecule has 1 aromatic heterocycles. The van der Waals surface area contributed by atoms with Crippen molar-refractivity contribution in [3.05, 3.63) is 41.0 Å². The van der Waals surface area contributed by atoms with Crippen LogP contribution in [0.15, 0.2) is 30.3 Å². The van der Waals surface area contributed by atoms with Crippen LogP contribution in [0, 0.1) is 0 Å². The van der Waals surface area contributed by atoms with Crippen LogP contribution in [-0.2, 0) is 0 Å². The average molecular weight is 291 g/mol. The number of nitrogens with zero attached hydrogens (tertiary/aromatic N) is 2. The van der Waals surface area contributed by atoms with Crippen LogP contribution in [0.2, 0.25) is 5.02 Å². The highest BCUT2D eigenvalue weighted by atomic mass is 35.5. The number of hydrogen-bond acceptors (Lipinski definition) is 3. The van der Waals surface area contributed by atoms with Gasteiger partial charge in [0, 0.05) is 29.7 Å². The van der Waals surface area contributed by atoms with Gasteiger partial charge in [0.2, 0.25) is 0 Å². The van der Waals surface area contributed by atoms with Crippen molar-refractivity contribution >= 4 is 17.5 Å². The molecule has 1 amide bonds. The molecule has 0 bridgehead atoms. The minimum Gasteiger partial charge on any atom is -0.336 e. The average Bonchev–Trinajstić information content (AvgIpc) is 3.08. The highest BCUT2D eigenvalue weighted by molar-refractivity contribution is 6.30. The summed E-state index contributed by atoms with van der Waals surface area (Å²) in [4.78, 5) is 14.0. The first-order valence-electron chi connectivity index (χ1n) is 6.49. The molecule has 104 valence electrons. The number of halogens is 1. The molecule has 1 aromatic carbocycles. The van der Waals surface area contributed by atoms with Crippen LogP contribution in [-0.4, -0.2) is 40.1 Å². The zero-order valence-corrected chi connectivity index (χ0v) is 11.6. The second-order valence-corrected chi connectivity index (χ2v) is 5.41. The second kappa shape index (κ2) is 5.26. The van der Waals surface area contributed by atoms with E-state index in [1.54, 1.807) is 23.1 Å². The summed E-state index contributed by atoms with van der Waals surface area (Å²) in [7, 11) is 0. The molecule has 3 rings (SSSR count). The molecule has 1 fully saturated rings. The first-order valence-corrected chi connectivity index (χ1v) is 6.87. The Balaban J connectivity index is 1.79. The van der Waals surface area contributed by atoms with Crippen LogP contribution in [0.3, 0.4) is 0 Å². The molecule has 1 aliphatic rings. The number of likely N-dealkylation sites (tertiary alicyclic amines) is 1. The molecule has 2 aromatic rings. The normalized spacial score (nSPS) is 18.5. The van der Waals surface area contributed by atoms with E-state index in [1.165, 1.54) is 0 Å². The van der Waals surface area contributed by atoms with Crippen LogP contribution in [0.1, 0.15) is 16.9 Å². The number of carbonyl (C=O) groups is 1. The van der Waals surface area contributed by atoms with E-state index >= 15 is 0 Å². The van der Waals surface area contributed by atoms with Gasteiger partial charge in [-0.05, 0) is 24.6 Å². The third kappa shape index (κ3) is 2.55. The van der Waals surface area contributed by atoms with Crippen LogP contribution < -0.4 is 5.73 Å². The number of benzene rings is 1. The Morgan fingerprint density at radius 2 is 2.15 bits per heavy atom. The fourth-order valence-corrected chi connectivity index (χ4v) is 2.47. The first-order chi connectivity index (χ1) is 9.63. The summed E-state index contributed by atoms with van der Waals surface area (Å²) in [5, 5.41) is 7.65. The van der Waals surface area contributed by atoms with Crippen molar-refractivity contribution < 1.29 is 4.79 Å². The zero-order chi connectivity index (χ0) is 14.1. The molecule has 2 heterocycles. The van der Waals surface area contributed by atoms with E-state index in [1.807, 2.05) is 12.1 Å². The van der Waals surface area contributed by atoms with Crippen LogP contribution in [0.5, 0.6) is 0 Å². The lowest BCUT2D eigenvalue weighted by atomic mass is 10.1. The molecule has 20 heavy (non-hydrogen) atoms. The van der Waals surface area contributed by atoms with Crippen LogP contribution in [0.25, 0.3) is 11.3 Å². The van der Waals surface area contributed by atoms with E-state index in [-0.39, 0.29) is 11.9 Å². The molecule has 1 atom stereocenters. The van der Waals surface area contributed by atoms with Gasteiger partial charge in [-0.15, -0.1) is 0 Å². The standard InChI is InChI=1S/C14H15ClN4O/c15-10-3-1-9(2-4-10)12-7-13(18-17-12)14(20)19-6-5-11(16)8-19/h1-4,7,11H,5-6,8,16H2,(H,17,18)/t11-/m0/s1. The van der Waals surface area contributed by atoms with E-state index in [4.69, 9.17) is 17.3 Å². The first kappa shape index (κ1) is 13.1. The lowest BCUT2D eigenvalue weighted by Crippen LogP contribution is -2.32. The summed E-state index contributed by atoms with van der Waals surface area (Å²) in [6, 6.07) is 9.18. The minimum absolute atomic E-state index is 0.0503. The van der Waals surface area contributed by atoms with Gasteiger partial charge in [0.25, 0.3) is 5.91 Å². The number of carbonyl (C=O) groups excluding carboxylic acids is 1. The molecule has 1 saturated heterocycles.